The number of hydrogen-bond donors (Lipinski definition) is 6. The van der Waals surface area contributed by atoms with Crippen LogP contribution < -0.4 is 10.6 Å². The summed E-state index contributed by atoms with van der Waals surface area (Å²) in [6, 6.07) is 1.11. The summed E-state index contributed by atoms with van der Waals surface area (Å²) in [7, 11) is -10.9. The van der Waals surface area contributed by atoms with Crippen LogP contribution in [0.1, 0.15) is 20.7 Å². The van der Waals surface area contributed by atoms with Crippen LogP contribution in [0.5, 0.6) is 0 Å². The minimum absolute atomic E-state index is 0.555. The lowest BCUT2D eigenvalue weighted by Gasteiger charge is -2.16. The fourth-order valence-electron chi connectivity index (χ4n) is 1.51. The maximum absolute atomic E-state index is 11.3. The van der Waals surface area contributed by atoms with Crippen molar-refractivity contribution in [2.75, 3.05) is 0 Å². The SMILES string of the molecule is O=C(O)c1ccc(C(=O)O)c(P(=O)(O)O)c1P(=O)(O)O. The normalized spacial score (nSPS) is 12.2. The van der Waals surface area contributed by atoms with Crippen molar-refractivity contribution in [1.82, 2.24) is 0 Å². The maximum Gasteiger partial charge on any atom is 0.358 e. The second kappa shape index (κ2) is 5.10. The molecule has 0 unspecified atom stereocenters. The van der Waals surface area contributed by atoms with E-state index in [9.17, 15) is 18.7 Å². The highest BCUT2D eigenvalue weighted by molar-refractivity contribution is 7.67. The molecule has 0 amide bonds. The summed E-state index contributed by atoms with van der Waals surface area (Å²) in [5.41, 5.74) is -2.16. The zero-order valence-electron chi connectivity index (χ0n) is 9.37. The van der Waals surface area contributed by atoms with Gasteiger partial charge in [-0.05, 0) is 12.1 Å². The molecule has 0 bridgehead atoms. The van der Waals surface area contributed by atoms with Gasteiger partial charge in [0.15, 0.2) is 0 Å². The average molecular weight is 326 g/mol. The molecule has 0 aromatic heterocycles. The van der Waals surface area contributed by atoms with E-state index in [1.54, 1.807) is 0 Å². The molecule has 0 heterocycles. The summed E-state index contributed by atoms with van der Waals surface area (Å²) in [6.45, 7) is 0. The molecule has 20 heavy (non-hydrogen) atoms. The van der Waals surface area contributed by atoms with Gasteiger partial charge < -0.3 is 29.8 Å². The predicted octanol–water partition coefficient (Wildman–Crippen LogP) is -1.31. The summed E-state index contributed by atoms with van der Waals surface area (Å²) in [5, 5.41) is 14.6. The first-order chi connectivity index (χ1) is 8.87. The summed E-state index contributed by atoms with van der Waals surface area (Å²) < 4.78 is 22.6. The second-order valence-electron chi connectivity index (χ2n) is 3.56. The van der Waals surface area contributed by atoms with Crippen LogP contribution in [0.25, 0.3) is 0 Å². The standard InChI is InChI=1S/C8H8O10P2/c9-7(10)3-1-2-4(8(11)12)6(20(16,17)18)5(3)19(13,14)15/h1-2H,(H,9,10)(H,11,12)(H2,13,14,15)(H2,16,17,18). The Labute approximate surface area is 110 Å². The monoisotopic (exact) mass is 326 g/mol. The molecule has 0 fully saturated rings. The Morgan fingerprint density at radius 1 is 0.750 bits per heavy atom. The van der Waals surface area contributed by atoms with Gasteiger partial charge in [0.25, 0.3) is 0 Å². The minimum atomic E-state index is -5.45. The summed E-state index contributed by atoms with van der Waals surface area (Å²) in [5.74, 6) is -3.73. The lowest BCUT2D eigenvalue weighted by atomic mass is 10.1. The van der Waals surface area contributed by atoms with Gasteiger partial charge in [-0.1, -0.05) is 0 Å². The molecule has 1 aromatic rings. The molecule has 0 aliphatic rings. The number of rotatable bonds is 4. The van der Waals surface area contributed by atoms with Crippen LogP contribution in [-0.4, -0.2) is 41.7 Å². The van der Waals surface area contributed by atoms with Crippen LogP contribution in [0.4, 0.5) is 0 Å². The lowest BCUT2D eigenvalue weighted by Crippen LogP contribution is -2.35. The quantitative estimate of drug-likeness (QED) is 0.362. The van der Waals surface area contributed by atoms with Gasteiger partial charge >= 0.3 is 27.1 Å². The topological polar surface area (TPSA) is 190 Å². The molecule has 10 nitrogen and oxygen atoms in total. The third-order valence-electron chi connectivity index (χ3n) is 2.19. The minimum Gasteiger partial charge on any atom is -0.478 e. The van der Waals surface area contributed by atoms with Gasteiger partial charge in [0.1, 0.15) is 0 Å². The largest absolute Gasteiger partial charge is 0.478 e. The zero-order chi connectivity index (χ0) is 15.9. The Bertz CT molecular complexity index is 622. The number of aromatic carboxylic acids is 2. The van der Waals surface area contributed by atoms with Gasteiger partial charge in [-0.25, -0.2) is 9.59 Å². The molecule has 12 heteroatoms. The molecule has 6 N–H and O–H groups in total. The van der Waals surface area contributed by atoms with E-state index in [0.29, 0.717) is 12.1 Å². The highest BCUT2D eigenvalue weighted by Gasteiger charge is 2.39. The van der Waals surface area contributed by atoms with Gasteiger partial charge in [-0.15, -0.1) is 0 Å². The van der Waals surface area contributed by atoms with Gasteiger partial charge in [0.2, 0.25) is 0 Å². The number of hydrogen-bond acceptors (Lipinski definition) is 4. The number of carboxylic acids is 2. The van der Waals surface area contributed by atoms with E-state index >= 15 is 0 Å². The Balaban J connectivity index is 4.05. The third-order valence-corrected chi connectivity index (χ3v) is 4.47. The molecule has 0 saturated carbocycles. The Kier molecular flexibility index (Phi) is 4.21. The van der Waals surface area contributed by atoms with Crippen molar-refractivity contribution in [1.29, 1.82) is 0 Å². The first-order valence-corrected chi connectivity index (χ1v) is 7.85. The van der Waals surface area contributed by atoms with E-state index in [1.165, 1.54) is 0 Å². The fraction of sp³-hybridized carbons (Fsp3) is 0. The van der Waals surface area contributed by atoms with Crippen molar-refractivity contribution in [2.24, 2.45) is 0 Å². The summed E-state index contributed by atoms with van der Waals surface area (Å²) >= 11 is 0. The average Bonchev–Trinajstić information content (AvgIpc) is 2.24. The van der Waals surface area contributed by atoms with Crippen LogP contribution in [0, 0.1) is 0 Å². The van der Waals surface area contributed by atoms with E-state index in [-0.39, 0.29) is 0 Å². The highest BCUT2D eigenvalue weighted by atomic mass is 31.2. The Morgan fingerprint density at radius 3 is 1.15 bits per heavy atom. The maximum atomic E-state index is 11.3. The van der Waals surface area contributed by atoms with Crippen LogP contribution in [0.15, 0.2) is 12.1 Å². The van der Waals surface area contributed by atoms with E-state index in [0.717, 1.165) is 0 Å². The third kappa shape index (κ3) is 3.13. The molecule has 1 aromatic carbocycles. The first-order valence-electron chi connectivity index (χ1n) is 4.63. The molecule has 0 radical (unpaired) electrons. The van der Waals surface area contributed by atoms with Crippen molar-refractivity contribution >= 4 is 37.7 Å². The van der Waals surface area contributed by atoms with Crippen LogP contribution in [0.2, 0.25) is 0 Å². The van der Waals surface area contributed by atoms with E-state index in [1.807, 2.05) is 0 Å². The first kappa shape index (κ1) is 16.5. The van der Waals surface area contributed by atoms with Gasteiger partial charge in [0, 0.05) is 0 Å². The van der Waals surface area contributed by atoms with Crippen LogP contribution in [0.3, 0.4) is 0 Å². The molecule has 0 spiro atoms. The second-order valence-corrected chi connectivity index (χ2v) is 6.63. The molecular weight excluding hydrogens is 318 g/mol. The Hall–Kier alpha value is -1.54. The van der Waals surface area contributed by atoms with E-state index in [4.69, 9.17) is 29.8 Å². The molecule has 110 valence electrons. The van der Waals surface area contributed by atoms with Crippen molar-refractivity contribution in [2.45, 2.75) is 0 Å². The van der Waals surface area contributed by atoms with Crippen molar-refractivity contribution < 1.29 is 48.5 Å². The van der Waals surface area contributed by atoms with Crippen LogP contribution in [-0.2, 0) is 9.13 Å². The van der Waals surface area contributed by atoms with E-state index < -0.39 is 48.9 Å². The van der Waals surface area contributed by atoms with Gasteiger partial charge in [0.05, 0.1) is 21.7 Å². The molecular formula is C8H8O10P2. The lowest BCUT2D eigenvalue weighted by molar-refractivity contribution is 0.0683. The fourth-order valence-corrected chi connectivity index (χ4v) is 4.06. The Morgan fingerprint density at radius 2 is 1.00 bits per heavy atom. The smallest absolute Gasteiger partial charge is 0.358 e. The van der Waals surface area contributed by atoms with E-state index in [2.05, 4.69) is 0 Å². The zero-order valence-corrected chi connectivity index (χ0v) is 11.2. The van der Waals surface area contributed by atoms with Crippen molar-refractivity contribution in [3.8, 4) is 0 Å². The molecule has 0 aliphatic heterocycles. The number of benzene rings is 1. The number of carboxylic acid groups (broad SMARTS) is 2. The summed E-state index contributed by atoms with van der Waals surface area (Å²) in [6.07, 6.45) is 0. The molecule has 0 atom stereocenters. The van der Waals surface area contributed by atoms with Crippen molar-refractivity contribution in [3.05, 3.63) is 23.3 Å². The van der Waals surface area contributed by atoms with Crippen molar-refractivity contribution in [3.63, 3.8) is 0 Å². The molecule has 1 rings (SSSR count). The summed E-state index contributed by atoms with van der Waals surface area (Å²) in [4.78, 5) is 58.1. The van der Waals surface area contributed by atoms with Gasteiger partial charge in [-0.3, -0.25) is 9.13 Å². The molecule has 0 aliphatic carbocycles. The number of carbonyl (C=O) groups is 2. The molecule has 0 saturated heterocycles. The van der Waals surface area contributed by atoms with Crippen LogP contribution >= 0.6 is 15.2 Å². The van der Waals surface area contributed by atoms with Gasteiger partial charge in [-0.2, -0.15) is 0 Å². The highest BCUT2D eigenvalue weighted by Crippen LogP contribution is 2.42. The predicted molar refractivity (Wildman–Crippen MR) is 63.7 cm³/mol.